The number of nitrogens with zero attached hydrogens (tertiary/aromatic N) is 3. The number of hydrogen-bond donors (Lipinski definition) is 1. The van der Waals surface area contributed by atoms with Crippen molar-refractivity contribution in [2.75, 3.05) is 39.3 Å². The Morgan fingerprint density at radius 3 is 1.72 bits per heavy atom. The zero-order valence-electron chi connectivity index (χ0n) is 19.9. The lowest BCUT2D eigenvalue weighted by molar-refractivity contribution is 0.0247. The molecule has 0 spiro atoms. The van der Waals surface area contributed by atoms with E-state index < -0.39 is 0 Å². The lowest BCUT2D eigenvalue weighted by atomic mass is 9.97. The van der Waals surface area contributed by atoms with Gasteiger partial charge < -0.3 is 10.2 Å². The molecule has 0 radical (unpaired) electrons. The van der Waals surface area contributed by atoms with Crippen LogP contribution in [0.3, 0.4) is 0 Å². The summed E-state index contributed by atoms with van der Waals surface area (Å²) >= 11 is 0. The van der Waals surface area contributed by atoms with E-state index in [0.717, 1.165) is 43.7 Å². The highest BCUT2D eigenvalue weighted by Crippen LogP contribution is 2.24. The van der Waals surface area contributed by atoms with Crippen LogP contribution in [-0.2, 0) is 0 Å². The van der Waals surface area contributed by atoms with Gasteiger partial charge in [-0.2, -0.15) is 0 Å². The number of benzene rings is 2. The van der Waals surface area contributed by atoms with E-state index in [1.54, 1.807) is 0 Å². The molecule has 1 N–H and O–H groups in total. The van der Waals surface area contributed by atoms with Crippen LogP contribution >= 0.6 is 0 Å². The Hall–Kier alpha value is -2.37. The zero-order valence-corrected chi connectivity index (χ0v) is 19.9. The van der Waals surface area contributed by atoms with Gasteiger partial charge in [-0.15, -0.1) is 0 Å². The van der Waals surface area contributed by atoms with E-state index in [4.69, 9.17) is 0 Å². The molecule has 2 heterocycles. The van der Waals surface area contributed by atoms with E-state index in [2.05, 4.69) is 84.4 Å². The molecule has 0 bridgehead atoms. The SMILES string of the molecule is CCC(N1CCCC1)N1CCN(C(=O)NC(c2ccc(C)cc2)c2ccc(C)cc2)CC1. The molecule has 0 aromatic heterocycles. The van der Waals surface area contributed by atoms with E-state index in [1.807, 2.05) is 4.90 Å². The van der Waals surface area contributed by atoms with Crippen LogP contribution in [0.4, 0.5) is 4.79 Å². The second kappa shape index (κ2) is 10.5. The third-order valence-electron chi connectivity index (χ3n) is 7.04. The molecule has 2 aliphatic rings. The summed E-state index contributed by atoms with van der Waals surface area (Å²) in [4.78, 5) is 20.5. The molecule has 2 saturated heterocycles. The van der Waals surface area contributed by atoms with Crippen LogP contribution in [0, 0.1) is 13.8 Å². The minimum atomic E-state index is -0.144. The fourth-order valence-electron chi connectivity index (χ4n) is 5.10. The zero-order chi connectivity index (χ0) is 22.5. The summed E-state index contributed by atoms with van der Waals surface area (Å²) < 4.78 is 0. The number of amides is 2. The van der Waals surface area contributed by atoms with Crippen LogP contribution in [-0.4, -0.2) is 66.2 Å². The number of urea groups is 1. The van der Waals surface area contributed by atoms with Crippen molar-refractivity contribution >= 4 is 6.03 Å². The van der Waals surface area contributed by atoms with Crippen molar-refractivity contribution in [2.24, 2.45) is 0 Å². The smallest absolute Gasteiger partial charge is 0.318 e. The molecule has 5 nitrogen and oxygen atoms in total. The van der Waals surface area contributed by atoms with Gasteiger partial charge in [-0.1, -0.05) is 66.6 Å². The first-order chi connectivity index (χ1) is 15.5. The van der Waals surface area contributed by atoms with E-state index in [1.165, 1.54) is 37.1 Å². The van der Waals surface area contributed by atoms with Crippen LogP contribution < -0.4 is 5.32 Å². The number of piperazine rings is 1. The van der Waals surface area contributed by atoms with Gasteiger partial charge in [0.2, 0.25) is 0 Å². The van der Waals surface area contributed by atoms with Gasteiger partial charge in [0.1, 0.15) is 0 Å². The predicted octanol–water partition coefficient (Wildman–Crippen LogP) is 4.55. The number of carbonyl (C=O) groups excluding carboxylic acids is 1. The average Bonchev–Trinajstić information content (AvgIpc) is 3.34. The summed E-state index contributed by atoms with van der Waals surface area (Å²) in [6.45, 7) is 12.4. The number of carbonyl (C=O) groups is 1. The molecule has 172 valence electrons. The third kappa shape index (κ3) is 5.33. The summed E-state index contributed by atoms with van der Waals surface area (Å²) in [7, 11) is 0. The Morgan fingerprint density at radius 2 is 1.25 bits per heavy atom. The summed E-state index contributed by atoms with van der Waals surface area (Å²) in [5.74, 6) is 0. The standard InChI is InChI=1S/C27H38N4O/c1-4-25(29-15-5-6-16-29)30-17-19-31(20-18-30)27(32)28-26(23-11-7-21(2)8-12-23)24-13-9-22(3)10-14-24/h7-14,25-26H,4-6,15-20H2,1-3H3,(H,28,32). The second-order valence-electron chi connectivity index (χ2n) is 9.36. The fraction of sp³-hybridized carbons (Fsp3) is 0.519. The molecule has 0 aliphatic carbocycles. The molecule has 2 aromatic rings. The molecule has 0 saturated carbocycles. The number of aryl methyl sites for hydroxylation is 2. The molecule has 4 rings (SSSR count). The first-order valence-corrected chi connectivity index (χ1v) is 12.2. The lowest BCUT2D eigenvalue weighted by Crippen LogP contribution is -2.57. The van der Waals surface area contributed by atoms with Gasteiger partial charge in [-0.3, -0.25) is 9.80 Å². The van der Waals surface area contributed by atoms with Crippen molar-refractivity contribution in [3.63, 3.8) is 0 Å². The van der Waals surface area contributed by atoms with Crippen molar-refractivity contribution in [2.45, 2.75) is 52.2 Å². The van der Waals surface area contributed by atoms with Crippen LogP contribution in [0.25, 0.3) is 0 Å². The van der Waals surface area contributed by atoms with Gasteiger partial charge >= 0.3 is 6.03 Å². The minimum absolute atomic E-state index is 0.0324. The Labute approximate surface area is 193 Å². The number of nitrogens with one attached hydrogen (secondary N) is 1. The molecule has 1 atom stereocenters. The Balaban J connectivity index is 1.42. The topological polar surface area (TPSA) is 38.8 Å². The maximum absolute atomic E-state index is 13.3. The Bertz CT molecular complexity index is 820. The summed E-state index contributed by atoms with van der Waals surface area (Å²) in [6.07, 6.45) is 4.31. The van der Waals surface area contributed by atoms with Crippen LogP contribution in [0.2, 0.25) is 0 Å². The van der Waals surface area contributed by atoms with Gasteiger partial charge in [0.15, 0.2) is 0 Å². The van der Waals surface area contributed by atoms with Crippen molar-refractivity contribution in [1.29, 1.82) is 0 Å². The summed E-state index contributed by atoms with van der Waals surface area (Å²) in [6, 6.07) is 16.9. The normalized spacial score (nSPS) is 18.8. The Kier molecular flexibility index (Phi) is 7.48. The van der Waals surface area contributed by atoms with Crippen LogP contribution in [0.15, 0.2) is 48.5 Å². The highest BCUT2D eigenvalue weighted by atomic mass is 16.2. The van der Waals surface area contributed by atoms with Gasteiger partial charge in [-0.25, -0.2) is 4.79 Å². The van der Waals surface area contributed by atoms with E-state index in [9.17, 15) is 4.79 Å². The van der Waals surface area contributed by atoms with Gasteiger partial charge in [0, 0.05) is 26.2 Å². The first kappa shape index (κ1) is 22.8. The van der Waals surface area contributed by atoms with E-state index in [-0.39, 0.29) is 12.1 Å². The van der Waals surface area contributed by atoms with Gasteiger partial charge in [0.05, 0.1) is 12.2 Å². The molecule has 5 heteroatoms. The highest BCUT2D eigenvalue weighted by molar-refractivity contribution is 5.75. The number of hydrogen-bond acceptors (Lipinski definition) is 3. The molecule has 1 unspecified atom stereocenters. The maximum Gasteiger partial charge on any atom is 0.318 e. The molecule has 32 heavy (non-hydrogen) atoms. The van der Waals surface area contributed by atoms with Crippen molar-refractivity contribution in [3.8, 4) is 0 Å². The fourth-order valence-corrected chi connectivity index (χ4v) is 5.10. The van der Waals surface area contributed by atoms with E-state index >= 15 is 0 Å². The van der Waals surface area contributed by atoms with Crippen molar-refractivity contribution in [3.05, 3.63) is 70.8 Å². The van der Waals surface area contributed by atoms with Crippen LogP contribution in [0.1, 0.15) is 54.5 Å². The maximum atomic E-state index is 13.3. The molecule has 2 amide bonds. The third-order valence-corrected chi connectivity index (χ3v) is 7.04. The highest BCUT2D eigenvalue weighted by Gasteiger charge is 2.30. The minimum Gasteiger partial charge on any atom is -0.327 e. The van der Waals surface area contributed by atoms with Gasteiger partial charge in [-0.05, 0) is 57.3 Å². The molecule has 2 aliphatic heterocycles. The van der Waals surface area contributed by atoms with Gasteiger partial charge in [0.25, 0.3) is 0 Å². The second-order valence-corrected chi connectivity index (χ2v) is 9.36. The van der Waals surface area contributed by atoms with Crippen molar-refractivity contribution in [1.82, 2.24) is 20.0 Å². The quantitative estimate of drug-likeness (QED) is 0.725. The average molecular weight is 435 g/mol. The Morgan fingerprint density at radius 1 is 0.781 bits per heavy atom. The van der Waals surface area contributed by atoms with Crippen molar-refractivity contribution < 1.29 is 4.79 Å². The lowest BCUT2D eigenvalue weighted by Gasteiger charge is -2.42. The number of rotatable bonds is 6. The van der Waals surface area contributed by atoms with Crippen LogP contribution in [0.5, 0.6) is 0 Å². The molecular formula is C27H38N4O. The summed E-state index contributed by atoms with van der Waals surface area (Å²) in [5.41, 5.74) is 4.68. The first-order valence-electron chi connectivity index (χ1n) is 12.2. The monoisotopic (exact) mass is 434 g/mol. The predicted molar refractivity (Wildman–Crippen MR) is 131 cm³/mol. The van der Waals surface area contributed by atoms with E-state index in [0.29, 0.717) is 6.17 Å². The molecule has 2 aromatic carbocycles. The molecule has 2 fully saturated rings. The number of likely N-dealkylation sites (tertiary alicyclic amines) is 1. The summed E-state index contributed by atoms with van der Waals surface area (Å²) in [5, 5.41) is 3.33. The largest absolute Gasteiger partial charge is 0.327 e. The molecular weight excluding hydrogens is 396 g/mol.